The number of fused-ring (bicyclic) bond motifs is 1. The van der Waals surface area contributed by atoms with Crippen molar-refractivity contribution in [2.24, 2.45) is 7.05 Å². The summed E-state index contributed by atoms with van der Waals surface area (Å²) in [6.07, 6.45) is 1.26. The number of aromatic nitrogens is 3. The molecule has 0 radical (unpaired) electrons. The number of hydrogen-bond acceptors (Lipinski definition) is 6. The van der Waals surface area contributed by atoms with Crippen LogP contribution in [0.1, 0.15) is 43.9 Å². The molecule has 0 saturated heterocycles. The zero-order valence-corrected chi connectivity index (χ0v) is 22.7. The van der Waals surface area contributed by atoms with Crippen LogP contribution in [-0.4, -0.2) is 25.5 Å². The van der Waals surface area contributed by atoms with Crippen LogP contribution in [0.15, 0.2) is 56.8 Å². The Bertz CT molecular complexity index is 1900. The second kappa shape index (κ2) is 9.74. The van der Waals surface area contributed by atoms with Gasteiger partial charge in [-0.1, -0.05) is 12.1 Å². The number of rotatable bonds is 5. The lowest BCUT2D eigenvalue weighted by Gasteiger charge is -2.22. The van der Waals surface area contributed by atoms with Gasteiger partial charge in [0.2, 0.25) is 11.8 Å². The standard InChI is InChI=1S/C29H28FN5O5/c1-15-9-12-23(22(30)13-15)31-26-24-25(16(2)27(38)32(26)5)34(29(40)35(28(24)39)19-10-11-19)21-8-6-7-20(14-21)33(17(3)36)18(4)37/h6-9,12-14,19,31H,10-11H2,1-5H3. The van der Waals surface area contributed by atoms with Crippen LogP contribution >= 0.6 is 0 Å². The van der Waals surface area contributed by atoms with Crippen molar-refractivity contribution < 1.29 is 14.0 Å². The molecule has 40 heavy (non-hydrogen) atoms. The second-order valence-corrected chi connectivity index (χ2v) is 10.1. The molecule has 2 amide bonds. The molecule has 206 valence electrons. The molecule has 1 aliphatic carbocycles. The van der Waals surface area contributed by atoms with Crippen molar-refractivity contribution in [2.75, 3.05) is 10.2 Å². The minimum Gasteiger partial charge on any atom is -0.338 e. The van der Waals surface area contributed by atoms with Crippen LogP contribution in [0.4, 0.5) is 21.6 Å². The molecule has 0 spiro atoms. The van der Waals surface area contributed by atoms with Gasteiger partial charge >= 0.3 is 5.69 Å². The van der Waals surface area contributed by atoms with Crippen molar-refractivity contribution in [3.8, 4) is 5.69 Å². The lowest BCUT2D eigenvalue weighted by Crippen LogP contribution is -2.41. The predicted octanol–water partition coefficient (Wildman–Crippen LogP) is 3.58. The molecule has 2 aromatic heterocycles. The van der Waals surface area contributed by atoms with Crippen molar-refractivity contribution in [3.05, 3.63) is 90.6 Å². The molecule has 1 aliphatic rings. The van der Waals surface area contributed by atoms with Crippen LogP contribution in [0.2, 0.25) is 0 Å². The monoisotopic (exact) mass is 545 g/mol. The van der Waals surface area contributed by atoms with Crippen molar-refractivity contribution in [1.29, 1.82) is 0 Å². The SMILES string of the molecule is CC(=O)N(C(C)=O)c1cccc(-n2c(=O)n(C3CC3)c(=O)c3c(Nc4ccc(C)cc4F)n(C)c(=O)c(C)c32)c1. The Labute approximate surface area is 227 Å². The highest BCUT2D eigenvalue weighted by Crippen LogP contribution is 2.34. The summed E-state index contributed by atoms with van der Waals surface area (Å²) in [6.45, 7) is 5.75. The van der Waals surface area contributed by atoms with E-state index in [0.717, 1.165) is 9.47 Å². The second-order valence-electron chi connectivity index (χ2n) is 10.1. The fourth-order valence-electron chi connectivity index (χ4n) is 5.06. The molecular weight excluding hydrogens is 517 g/mol. The molecule has 0 unspecified atom stereocenters. The number of anilines is 3. The van der Waals surface area contributed by atoms with Crippen LogP contribution in [0.3, 0.4) is 0 Å². The van der Waals surface area contributed by atoms with Crippen molar-refractivity contribution in [2.45, 2.75) is 46.6 Å². The minimum atomic E-state index is -0.654. The highest BCUT2D eigenvalue weighted by Gasteiger charge is 2.32. The molecule has 1 N–H and O–H groups in total. The van der Waals surface area contributed by atoms with Crippen molar-refractivity contribution in [3.63, 3.8) is 0 Å². The van der Waals surface area contributed by atoms with Crippen LogP contribution in [-0.2, 0) is 16.6 Å². The first kappa shape index (κ1) is 26.8. The topological polar surface area (TPSA) is 115 Å². The first-order chi connectivity index (χ1) is 18.9. The van der Waals surface area contributed by atoms with Crippen molar-refractivity contribution in [1.82, 2.24) is 13.7 Å². The molecule has 4 aromatic rings. The third-order valence-corrected chi connectivity index (χ3v) is 7.11. The van der Waals surface area contributed by atoms with Crippen LogP contribution in [0, 0.1) is 19.7 Å². The van der Waals surface area contributed by atoms with Crippen LogP contribution in [0.5, 0.6) is 0 Å². The van der Waals surface area contributed by atoms with E-state index >= 15 is 0 Å². The van der Waals surface area contributed by atoms with Gasteiger partial charge in [0.15, 0.2) is 0 Å². The van der Waals surface area contributed by atoms with E-state index in [0.29, 0.717) is 18.4 Å². The lowest BCUT2D eigenvalue weighted by molar-refractivity contribution is -0.124. The number of nitrogens with one attached hydrogen (secondary N) is 1. The maximum absolute atomic E-state index is 14.9. The first-order valence-electron chi connectivity index (χ1n) is 12.8. The number of halogens is 1. The first-order valence-corrected chi connectivity index (χ1v) is 12.8. The highest BCUT2D eigenvalue weighted by molar-refractivity contribution is 6.13. The smallest absolute Gasteiger partial charge is 0.336 e. The van der Waals surface area contributed by atoms with E-state index < -0.39 is 34.4 Å². The summed E-state index contributed by atoms with van der Waals surface area (Å²) in [5.74, 6) is -1.56. The van der Waals surface area contributed by atoms with Gasteiger partial charge in [-0.2, -0.15) is 0 Å². The number of carbonyl (C=O) groups is 2. The van der Waals surface area contributed by atoms with Crippen molar-refractivity contribution >= 4 is 39.9 Å². The maximum Gasteiger partial charge on any atom is 0.336 e. The van der Waals surface area contributed by atoms with E-state index in [1.54, 1.807) is 31.2 Å². The van der Waals surface area contributed by atoms with Gasteiger partial charge in [0, 0.05) is 32.5 Å². The Balaban J connectivity index is 1.90. The largest absolute Gasteiger partial charge is 0.338 e. The fourth-order valence-corrected chi connectivity index (χ4v) is 5.06. The number of aryl methyl sites for hydroxylation is 2. The number of nitrogens with zero attached hydrogens (tertiary/aromatic N) is 4. The Morgan fingerprint density at radius 2 is 1.65 bits per heavy atom. The van der Waals surface area contributed by atoms with E-state index in [2.05, 4.69) is 5.32 Å². The minimum absolute atomic E-state index is 0.0338. The fraction of sp³-hybridized carbons (Fsp3) is 0.276. The quantitative estimate of drug-likeness (QED) is 0.410. The normalized spacial score (nSPS) is 12.9. The zero-order chi connectivity index (χ0) is 29.0. The third kappa shape index (κ3) is 4.33. The number of pyridine rings is 1. The summed E-state index contributed by atoms with van der Waals surface area (Å²) in [6, 6.07) is 10.4. The van der Waals surface area contributed by atoms with Crippen LogP contribution in [0.25, 0.3) is 16.6 Å². The van der Waals surface area contributed by atoms with Gasteiger partial charge in [-0.05, 0) is 62.6 Å². The summed E-state index contributed by atoms with van der Waals surface area (Å²) < 4.78 is 18.5. The molecule has 11 heteroatoms. The average molecular weight is 546 g/mol. The van der Waals surface area contributed by atoms with Gasteiger partial charge < -0.3 is 5.32 Å². The molecule has 2 heterocycles. The molecular formula is C29H28FN5O5. The third-order valence-electron chi connectivity index (χ3n) is 7.11. The number of hydrogen-bond donors (Lipinski definition) is 1. The molecule has 0 atom stereocenters. The number of amides is 2. The Morgan fingerprint density at radius 1 is 0.975 bits per heavy atom. The highest BCUT2D eigenvalue weighted by atomic mass is 19.1. The van der Waals surface area contributed by atoms with E-state index in [9.17, 15) is 28.4 Å². The predicted molar refractivity (Wildman–Crippen MR) is 150 cm³/mol. The average Bonchev–Trinajstić information content (AvgIpc) is 3.71. The van der Waals surface area contributed by atoms with E-state index in [-0.39, 0.29) is 45.4 Å². The van der Waals surface area contributed by atoms with Gasteiger partial charge in [-0.15, -0.1) is 0 Å². The Kier molecular flexibility index (Phi) is 6.53. The van der Waals surface area contributed by atoms with Gasteiger partial charge in [0.25, 0.3) is 11.1 Å². The summed E-state index contributed by atoms with van der Waals surface area (Å²) in [7, 11) is 1.47. The molecule has 0 bridgehead atoms. The molecule has 1 saturated carbocycles. The summed E-state index contributed by atoms with van der Waals surface area (Å²) >= 11 is 0. The maximum atomic E-state index is 14.9. The Morgan fingerprint density at radius 3 is 2.25 bits per heavy atom. The molecule has 10 nitrogen and oxygen atoms in total. The van der Waals surface area contributed by atoms with Gasteiger partial charge in [-0.3, -0.25) is 37.8 Å². The van der Waals surface area contributed by atoms with Gasteiger partial charge in [0.1, 0.15) is 17.0 Å². The number of carbonyl (C=O) groups excluding carboxylic acids is 2. The summed E-state index contributed by atoms with van der Waals surface area (Å²) in [4.78, 5) is 66.7. The van der Waals surface area contributed by atoms with Gasteiger partial charge in [-0.25, -0.2) is 9.18 Å². The molecule has 0 aliphatic heterocycles. The zero-order valence-electron chi connectivity index (χ0n) is 22.7. The van der Waals surface area contributed by atoms with E-state index in [4.69, 9.17) is 0 Å². The van der Waals surface area contributed by atoms with E-state index in [1.807, 2.05) is 0 Å². The van der Waals surface area contributed by atoms with Gasteiger partial charge in [0.05, 0.1) is 22.6 Å². The summed E-state index contributed by atoms with van der Waals surface area (Å²) in [5, 5.41) is 2.96. The summed E-state index contributed by atoms with van der Waals surface area (Å²) in [5.41, 5.74) is -0.340. The number of benzene rings is 2. The van der Waals surface area contributed by atoms with E-state index in [1.165, 1.54) is 55.2 Å². The Hall–Kier alpha value is -4.80. The molecule has 2 aromatic carbocycles. The number of imide groups is 1. The van der Waals surface area contributed by atoms with Crippen LogP contribution < -0.4 is 27.0 Å². The molecule has 1 fully saturated rings. The lowest BCUT2D eigenvalue weighted by atomic mass is 10.1. The molecule has 5 rings (SSSR count).